The van der Waals surface area contributed by atoms with Gasteiger partial charge in [-0.1, -0.05) is 82.4 Å². The molecule has 0 bridgehead atoms. The van der Waals surface area contributed by atoms with Crippen LogP contribution in [0.3, 0.4) is 0 Å². The maximum Gasteiger partial charge on any atom is 0.314 e. The summed E-state index contributed by atoms with van der Waals surface area (Å²) in [7, 11) is 0. The van der Waals surface area contributed by atoms with E-state index in [2.05, 4.69) is 36.2 Å². The number of carboxylic acid groups (broad SMARTS) is 1. The van der Waals surface area contributed by atoms with E-state index in [-0.39, 0.29) is 5.91 Å². The second-order valence-electron chi connectivity index (χ2n) is 12.1. The third kappa shape index (κ3) is 13.1. The van der Waals surface area contributed by atoms with E-state index in [1.165, 1.54) is 24.8 Å². The van der Waals surface area contributed by atoms with E-state index in [1.807, 2.05) is 23.1 Å². The fraction of sp³-hybridized carbons (Fsp3) is 0.541. The van der Waals surface area contributed by atoms with E-state index in [1.54, 1.807) is 30.4 Å². The fourth-order valence-corrected chi connectivity index (χ4v) is 5.81. The number of amides is 2. The SMILES string of the molecule is CCCCN(CCCN(CCCC)C(=O)/C(=C/C1CCCCC1)NC=O)CC1=CCC=C(OC2=CC=CC(C(=O)O)C=C2)C=C1. The van der Waals surface area contributed by atoms with Crippen LogP contribution in [0, 0.1) is 11.8 Å². The smallest absolute Gasteiger partial charge is 0.314 e. The third-order valence-electron chi connectivity index (χ3n) is 8.43. The minimum atomic E-state index is -0.890. The molecule has 0 saturated heterocycles. The van der Waals surface area contributed by atoms with Gasteiger partial charge in [0.05, 0.1) is 5.92 Å². The number of nitrogens with zero attached hydrogens (tertiary/aromatic N) is 2. The van der Waals surface area contributed by atoms with Gasteiger partial charge in [0.2, 0.25) is 6.41 Å². The Morgan fingerprint density at radius 2 is 1.67 bits per heavy atom. The van der Waals surface area contributed by atoms with E-state index in [0.29, 0.717) is 36.9 Å². The maximum atomic E-state index is 13.6. The highest BCUT2D eigenvalue weighted by molar-refractivity contribution is 5.94. The van der Waals surface area contributed by atoms with Gasteiger partial charge in [-0.2, -0.15) is 0 Å². The monoisotopic (exact) mass is 619 g/mol. The van der Waals surface area contributed by atoms with Gasteiger partial charge in [-0.15, -0.1) is 0 Å². The first-order valence-electron chi connectivity index (χ1n) is 16.9. The average molecular weight is 620 g/mol. The third-order valence-corrected chi connectivity index (χ3v) is 8.43. The van der Waals surface area contributed by atoms with E-state index in [0.717, 1.165) is 76.8 Å². The van der Waals surface area contributed by atoms with Crippen molar-refractivity contribution in [2.75, 3.05) is 32.7 Å². The Bertz CT molecular complexity index is 1190. The molecule has 0 heterocycles. The van der Waals surface area contributed by atoms with Gasteiger partial charge in [0.15, 0.2) is 0 Å². The average Bonchev–Trinajstić information content (AvgIpc) is 3.42. The summed E-state index contributed by atoms with van der Waals surface area (Å²) in [4.78, 5) is 40.7. The second-order valence-corrected chi connectivity index (χ2v) is 12.1. The molecule has 0 aromatic carbocycles. The number of hydrogen-bond acceptors (Lipinski definition) is 5. The number of ether oxygens (including phenoxy) is 1. The van der Waals surface area contributed by atoms with Crippen molar-refractivity contribution >= 4 is 18.3 Å². The van der Waals surface area contributed by atoms with Crippen molar-refractivity contribution in [3.63, 3.8) is 0 Å². The molecule has 2 amide bonds. The molecule has 3 rings (SSSR count). The first-order chi connectivity index (χ1) is 21.9. The Kier molecular flexibility index (Phi) is 16.2. The predicted octanol–water partition coefficient (Wildman–Crippen LogP) is 6.82. The number of hydrogen-bond donors (Lipinski definition) is 2. The van der Waals surface area contributed by atoms with E-state index < -0.39 is 11.9 Å². The summed E-state index contributed by atoms with van der Waals surface area (Å²) >= 11 is 0. The van der Waals surface area contributed by atoms with Gasteiger partial charge >= 0.3 is 5.97 Å². The molecule has 1 atom stereocenters. The predicted molar refractivity (Wildman–Crippen MR) is 180 cm³/mol. The molecule has 0 aliphatic heterocycles. The largest absolute Gasteiger partial charge is 0.481 e. The number of carbonyl (C=O) groups excluding carboxylic acids is 2. The fourth-order valence-electron chi connectivity index (χ4n) is 5.81. The van der Waals surface area contributed by atoms with Crippen LogP contribution in [-0.4, -0.2) is 65.9 Å². The van der Waals surface area contributed by atoms with E-state index in [9.17, 15) is 19.5 Å². The van der Waals surface area contributed by atoms with Crippen LogP contribution in [0.1, 0.15) is 84.5 Å². The lowest BCUT2D eigenvalue weighted by Gasteiger charge is -2.27. The van der Waals surface area contributed by atoms with Crippen molar-refractivity contribution in [1.29, 1.82) is 0 Å². The molecule has 8 heteroatoms. The molecule has 1 saturated carbocycles. The van der Waals surface area contributed by atoms with Crippen LogP contribution in [0.4, 0.5) is 0 Å². The van der Waals surface area contributed by atoms with Crippen molar-refractivity contribution in [2.45, 2.75) is 84.5 Å². The van der Waals surface area contributed by atoms with Crippen LogP contribution in [0.2, 0.25) is 0 Å². The van der Waals surface area contributed by atoms with Crippen LogP contribution in [0.15, 0.2) is 83.5 Å². The van der Waals surface area contributed by atoms with Crippen molar-refractivity contribution in [3.8, 4) is 0 Å². The number of rotatable bonds is 19. The quantitative estimate of drug-likeness (QED) is 0.122. The topological polar surface area (TPSA) is 99.2 Å². The van der Waals surface area contributed by atoms with E-state index >= 15 is 0 Å². The van der Waals surface area contributed by atoms with Crippen LogP contribution in [0.25, 0.3) is 0 Å². The lowest BCUT2D eigenvalue weighted by atomic mass is 9.88. The molecule has 3 aliphatic rings. The summed E-state index contributed by atoms with van der Waals surface area (Å²) in [5.74, 6) is 0.0611. The van der Waals surface area contributed by atoms with Crippen LogP contribution in [-0.2, 0) is 19.1 Å². The van der Waals surface area contributed by atoms with Gasteiger partial charge in [-0.25, -0.2) is 0 Å². The zero-order valence-corrected chi connectivity index (χ0v) is 27.3. The number of carbonyl (C=O) groups is 3. The molecule has 8 nitrogen and oxygen atoms in total. The summed E-state index contributed by atoms with van der Waals surface area (Å²) in [5.41, 5.74) is 1.65. The van der Waals surface area contributed by atoms with Gasteiger partial charge in [0, 0.05) is 26.2 Å². The Labute approximate surface area is 269 Å². The minimum Gasteiger partial charge on any atom is -0.481 e. The summed E-state index contributed by atoms with van der Waals surface area (Å²) in [6, 6.07) is 0. The van der Waals surface area contributed by atoms with Crippen molar-refractivity contribution in [2.24, 2.45) is 11.8 Å². The number of unbranched alkanes of at least 4 members (excludes halogenated alkanes) is 2. The highest BCUT2D eigenvalue weighted by atomic mass is 16.5. The van der Waals surface area contributed by atoms with Crippen LogP contribution < -0.4 is 5.32 Å². The Morgan fingerprint density at radius 3 is 2.40 bits per heavy atom. The van der Waals surface area contributed by atoms with Crippen molar-refractivity contribution in [3.05, 3.63) is 83.5 Å². The van der Waals surface area contributed by atoms with Gasteiger partial charge < -0.3 is 20.1 Å². The molecule has 0 radical (unpaired) electrons. The van der Waals surface area contributed by atoms with Crippen LogP contribution >= 0.6 is 0 Å². The minimum absolute atomic E-state index is 0.0677. The Morgan fingerprint density at radius 1 is 0.933 bits per heavy atom. The van der Waals surface area contributed by atoms with Crippen molar-refractivity contribution < 1.29 is 24.2 Å². The Balaban J connectivity index is 1.58. The number of aliphatic carboxylic acids is 1. The normalized spacial score (nSPS) is 18.9. The second kappa shape index (κ2) is 20.4. The lowest BCUT2D eigenvalue weighted by Crippen LogP contribution is -2.39. The van der Waals surface area contributed by atoms with E-state index in [4.69, 9.17) is 4.74 Å². The molecular formula is C37H53N3O5. The van der Waals surface area contributed by atoms with Gasteiger partial charge in [-0.05, 0) is 80.9 Å². The molecule has 1 fully saturated rings. The van der Waals surface area contributed by atoms with Gasteiger partial charge in [-0.3, -0.25) is 19.3 Å². The molecule has 246 valence electrons. The molecule has 0 aromatic rings. The van der Waals surface area contributed by atoms with Crippen molar-refractivity contribution in [1.82, 2.24) is 15.1 Å². The summed E-state index contributed by atoms with van der Waals surface area (Å²) in [5, 5.41) is 12.0. The standard InChI is InChI=1S/C37H53N3O5/c1-3-5-23-39(28-31-15-10-17-33(21-19-31)45-34-18-11-16-32(20-22-34)37(43)44)24-12-26-40(25-6-4-2)36(42)35(38-29-41)27-30-13-8-7-9-14-30/h11,15-22,27,29-30,32H,3-10,12-14,23-26,28H2,1-2H3,(H,38,41)(H,43,44)/b35-27-. The molecule has 0 spiro atoms. The molecule has 1 unspecified atom stereocenters. The number of nitrogens with one attached hydrogen (secondary N) is 1. The maximum absolute atomic E-state index is 13.6. The first-order valence-corrected chi connectivity index (χ1v) is 16.9. The molecule has 3 aliphatic carbocycles. The zero-order valence-electron chi connectivity index (χ0n) is 27.3. The van der Waals surface area contributed by atoms with Gasteiger partial charge in [0.25, 0.3) is 5.91 Å². The molecule has 0 aromatic heterocycles. The summed E-state index contributed by atoms with van der Waals surface area (Å²) < 4.78 is 6.06. The van der Waals surface area contributed by atoms with Crippen LogP contribution in [0.5, 0.6) is 0 Å². The highest BCUT2D eigenvalue weighted by Crippen LogP contribution is 2.26. The zero-order chi connectivity index (χ0) is 32.3. The number of allylic oxidation sites excluding steroid dienone is 7. The first kappa shape index (κ1) is 35.8. The summed E-state index contributed by atoms with van der Waals surface area (Å²) in [6.45, 7) is 8.34. The highest BCUT2D eigenvalue weighted by Gasteiger charge is 2.21. The Hall–Kier alpha value is -3.65. The molecular weight excluding hydrogens is 566 g/mol. The lowest BCUT2D eigenvalue weighted by molar-refractivity contribution is -0.138. The summed E-state index contributed by atoms with van der Waals surface area (Å²) in [6.07, 6.45) is 30.9. The van der Waals surface area contributed by atoms with Gasteiger partial charge in [0.1, 0.15) is 17.2 Å². The molecule has 2 N–H and O–H groups in total. The number of carboxylic acids is 1. The molecule has 45 heavy (non-hydrogen) atoms.